The van der Waals surface area contributed by atoms with Crippen molar-refractivity contribution in [1.29, 1.82) is 0 Å². The number of hydrogen-bond acceptors (Lipinski definition) is 6. The summed E-state index contributed by atoms with van der Waals surface area (Å²) in [6, 6.07) is 16.3. The summed E-state index contributed by atoms with van der Waals surface area (Å²) in [6.07, 6.45) is 0. The minimum atomic E-state index is 0.0784. The molecule has 0 spiro atoms. The highest BCUT2D eigenvalue weighted by Crippen LogP contribution is 2.29. The van der Waals surface area contributed by atoms with E-state index >= 15 is 0 Å². The third-order valence-corrected chi connectivity index (χ3v) is 7.08. The second-order valence-electron chi connectivity index (χ2n) is 6.94. The van der Waals surface area contributed by atoms with Crippen LogP contribution < -0.4 is 0 Å². The number of rotatable bonds is 6. The van der Waals surface area contributed by atoms with Gasteiger partial charge in [0.15, 0.2) is 0 Å². The topological polar surface area (TPSA) is 49.3 Å². The van der Waals surface area contributed by atoms with Crippen LogP contribution in [-0.4, -0.2) is 46.3 Å². The number of amides is 1. The summed E-state index contributed by atoms with van der Waals surface area (Å²) in [6.45, 7) is 2.97. The Hall–Kier alpha value is -2.35. The fourth-order valence-corrected chi connectivity index (χ4v) is 5.11. The van der Waals surface area contributed by atoms with Gasteiger partial charge in [-0.05, 0) is 38.2 Å². The molecule has 4 aromatic rings. The van der Waals surface area contributed by atoms with Crippen molar-refractivity contribution in [1.82, 2.24) is 19.8 Å². The molecule has 0 saturated heterocycles. The first-order chi connectivity index (χ1) is 13.5. The van der Waals surface area contributed by atoms with Crippen LogP contribution in [0, 0.1) is 0 Å². The minimum absolute atomic E-state index is 0.0784. The van der Waals surface area contributed by atoms with Gasteiger partial charge in [-0.25, -0.2) is 9.97 Å². The van der Waals surface area contributed by atoms with E-state index in [4.69, 9.17) is 4.98 Å². The highest BCUT2D eigenvalue weighted by Gasteiger charge is 2.20. The van der Waals surface area contributed by atoms with Gasteiger partial charge in [0.25, 0.3) is 0 Å². The van der Waals surface area contributed by atoms with Gasteiger partial charge >= 0.3 is 0 Å². The number of hydrogen-bond donors (Lipinski definition) is 0. The number of carbonyl (C=O) groups is 1. The molecule has 0 saturated carbocycles. The van der Waals surface area contributed by atoms with Crippen LogP contribution in [0.25, 0.3) is 20.4 Å². The molecule has 1 amide bonds. The lowest BCUT2D eigenvalue weighted by atomic mass is 10.3. The van der Waals surface area contributed by atoms with Crippen LogP contribution in [0.1, 0.15) is 23.0 Å². The maximum atomic E-state index is 12.7. The number of fused-ring (bicyclic) bond motifs is 2. The van der Waals surface area contributed by atoms with E-state index in [0.717, 1.165) is 25.7 Å². The lowest BCUT2D eigenvalue weighted by Crippen LogP contribution is -2.37. The lowest BCUT2D eigenvalue weighted by Gasteiger charge is -2.25. The lowest BCUT2D eigenvalue weighted by molar-refractivity contribution is -0.131. The van der Waals surface area contributed by atoms with Crippen molar-refractivity contribution >= 4 is 49.0 Å². The zero-order chi connectivity index (χ0) is 19.7. The summed E-state index contributed by atoms with van der Waals surface area (Å²) in [5.74, 6) is 0.0784. The molecule has 0 radical (unpaired) electrons. The van der Waals surface area contributed by atoms with Gasteiger partial charge in [-0.1, -0.05) is 24.3 Å². The van der Waals surface area contributed by atoms with E-state index in [1.54, 1.807) is 27.6 Å². The summed E-state index contributed by atoms with van der Waals surface area (Å²) in [5.41, 5.74) is 2.01. The van der Waals surface area contributed by atoms with Gasteiger partial charge in [-0.2, -0.15) is 0 Å². The molecule has 0 fully saturated rings. The van der Waals surface area contributed by atoms with E-state index in [0.29, 0.717) is 13.1 Å². The molecule has 0 unspecified atom stereocenters. The third kappa shape index (κ3) is 3.92. The molecule has 2 aromatic carbocycles. The Morgan fingerprint density at radius 3 is 2.21 bits per heavy atom. The molecular formula is C21H22N4OS2. The zero-order valence-corrected chi connectivity index (χ0v) is 17.8. The van der Waals surface area contributed by atoms with Crippen molar-refractivity contribution in [3.63, 3.8) is 0 Å². The van der Waals surface area contributed by atoms with Crippen molar-refractivity contribution in [2.24, 2.45) is 0 Å². The second kappa shape index (κ2) is 7.95. The van der Waals surface area contributed by atoms with Gasteiger partial charge in [0.05, 0.1) is 39.6 Å². The number of likely N-dealkylation sites (N-methyl/N-ethyl adjacent to an activating group) is 2. The summed E-state index contributed by atoms with van der Waals surface area (Å²) in [4.78, 5) is 25.9. The number of benzene rings is 2. The van der Waals surface area contributed by atoms with Gasteiger partial charge in [0.2, 0.25) is 5.91 Å². The van der Waals surface area contributed by atoms with Gasteiger partial charge in [-0.15, -0.1) is 22.7 Å². The number of nitrogens with zero attached hydrogens (tertiary/aromatic N) is 4. The van der Waals surface area contributed by atoms with Crippen molar-refractivity contribution in [2.45, 2.75) is 19.5 Å². The molecule has 4 rings (SSSR count). The molecule has 1 atom stereocenters. The Kier molecular flexibility index (Phi) is 5.39. The molecule has 2 aromatic heterocycles. The Labute approximate surface area is 172 Å². The first-order valence-corrected chi connectivity index (χ1v) is 10.8. The maximum absolute atomic E-state index is 12.7. The highest BCUT2D eigenvalue weighted by molar-refractivity contribution is 7.18. The average Bonchev–Trinajstić information content (AvgIpc) is 3.30. The van der Waals surface area contributed by atoms with Crippen LogP contribution in [0.2, 0.25) is 0 Å². The molecule has 2 heterocycles. The first kappa shape index (κ1) is 19.0. The van der Waals surface area contributed by atoms with Gasteiger partial charge < -0.3 is 4.90 Å². The van der Waals surface area contributed by atoms with Gasteiger partial charge in [0.1, 0.15) is 10.0 Å². The van der Waals surface area contributed by atoms with Crippen molar-refractivity contribution < 1.29 is 4.79 Å². The predicted octanol–water partition coefficient (Wildman–Crippen LogP) is 4.56. The second-order valence-corrected chi connectivity index (χ2v) is 9.11. The molecule has 0 aliphatic rings. The van der Waals surface area contributed by atoms with Crippen molar-refractivity contribution in [3.05, 3.63) is 58.5 Å². The van der Waals surface area contributed by atoms with Gasteiger partial charge in [-0.3, -0.25) is 9.69 Å². The summed E-state index contributed by atoms with van der Waals surface area (Å²) < 4.78 is 2.33. The number of carbonyl (C=O) groups excluding carboxylic acids is 1. The number of aromatic nitrogens is 2. The maximum Gasteiger partial charge on any atom is 0.236 e. The summed E-state index contributed by atoms with van der Waals surface area (Å²) >= 11 is 3.33. The molecule has 5 nitrogen and oxygen atoms in total. The Morgan fingerprint density at radius 2 is 1.57 bits per heavy atom. The van der Waals surface area contributed by atoms with E-state index in [-0.39, 0.29) is 11.9 Å². The van der Waals surface area contributed by atoms with Crippen LogP contribution in [-0.2, 0) is 11.3 Å². The van der Waals surface area contributed by atoms with Crippen LogP contribution >= 0.6 is 22.7 Å². The van der Waals surface area contributed by atoms with Crippen LogP contribution in [0.5, 0.6) is 0 Å². The van der Waals surface area contributed by atoms with E-state index in [1.807, 2.05) is 50.5 Å². The number of para-hydroxylation sites is 2. The molecule has 7 heteroatoms. The van der Waals surface area contributed by atoms with E-state index in [9.17, 15) is 4.79 Å². The smallest absolute Gasteiger partial charge is 0.236 e. The van der Waals surface area contributed by atoms with Gasteiger partial charge in [0, 0.05) is 7.05 Å². The predicted molar refractivity (Wildman–Crippen MR) is 117 cm³/mol. The fraction of sp³-hybridized carbons (Fsp3) is 0.286. The Bertz CT molecular complexity index is 1050. The Balaban J connectivity index is 1.39. The third-order valence-electron chi connectivity index (χ3n) is 4.85. The summed E-state index contributed by atoms with van der Waals surface area (Å²) in [7, 11) is 3.81. The van der Waals surface area contributed by atoms with Crippen LogP contribution in [0.15, 0.2) is 48.5 Å². The minimum Gasteiger partial charge on any atom is -0.338 e. The van der Waals surface area contributed by atoms with Crippen LogP contribution in [0.4, 0.5) is 0 Å². The fourth-order valence-electron chi connectivity index (χ4n) is 3.01. The van der Waals surface area contributed by atoms with Crippen LogP contribution in [0.3, 0.4) is 0 Å². The molecule has 0 bridgehead atoms. The molecular weight excluding hydrogens is 388 g/mol. The largest absolute Gasteiger partial charge is 0.338 e. The highest BCUT2D eigenvalue weighted by atomic mass is 32.1. The SMILES string of the molecule is C[C@H](c1nc2ccccc2s1)N(C)CC(=O)N(C)Cc1nc2ccccc2s1. The summed E-state index contributed by atoms with van der Waals surface area (Å²) in [5, 5.41) is 1.99. The van der Waals surface area contributed by atoms with Crippen molar-refractivity contribution in [2.75, 3.05) is 20.6 Å². The van der Waals surface area contributed by atoms with E-state index in [2.05, 4.69) is 28.9 Å². The monoisotopic (exact) mass is 410 g/mol. The van der Waals surface area contributed by atoms with Crippen molar-refractivity contribution in [3.8, 4) is 0 Å². The normalized spacial score (nSPS) is 12.7. The standard InChI is InChI=1S/C21H22N4OS2/c1-14(21-23-16-9-5-7-11-18(16)28-21)24(2)13-20(26)25(3)12-19-22-15-8-4-6-10-17(15)27-19/h4-11,14H,12-13H2,1-3H3/t14-/m1/s1. The molecule has 28 heavy (non-hydrogen) atoms. The molecule has 0 N–H and O–H groups in total. The van der Waals surface area contributed by atoms with E-state index < -0.39 is 0 Å². The quantitative estimate of drug-likeness (QED) is 0.468. The number of thiazole rings is 2. The molecule has 0 aliphatic heterocycles. The molecule has 0 aliphatic carbocycles. The average molecular weight is 411 g/mol. The zero-order valence-electron chi connectivity index (χ0n) is 16.1. The Morgan fingerprint density at radius 1 is 0.964 bits per heavy atom. The van der Waals surface area contributed by atoms with E-state index in [1.165, 1.54) is 4.70 Å². The first-order valence-electron chi connectivity index (χ1n) is 9.15. The molecule has 144 valence electrons.